The van der Waals surface area contributed by atoms with E-state index < -0.39 is 0 Å². The van der Waals surface area contributed by atoms with Crippen molar-refractivity contribution in [2.24, 2.45) is 0 Å². The van der Waals surface area contributed by atoms with Crippen LogP contribution in [-0.4, -0.2) is 53.5 Å². The third kappa shape index (κ3) is 7.07. The largest absolute Gasteiger partial charge is 0.497 e. The van der Waals surface area contributed by atoms with Gasteiger partial charge in [-0.05, 0) is 60.4 Å². The Morgan fingerprint density at radius 2 is 1.76 bits per heavy atom. The number of hydrogen-bond donors (Lipinski definition) is 2. The molecule has 0 bridgehead atoms. The summed E-state index contributed by atoms with van der Waals surface area (Å²) in [4.78, 5) is 33.4. The summed E-state index contributed by atoms with van der Waals surface area (Å²) in [6.07, 6.45) is 3.42. The molecule has 0 fully saturated rings. The Morgan fingerprint density at radius 3 is 2.50 bits per heavy atom. The fourth-order valence-corrected chi connectivity index (χ4v) is 4.58. The van der Waals surface area contributed by atoms with Crippen LogP contribution in [0, 0.1) is 0 Å². The Bertz CT molecular complexity index is 1370. The molecule has 38 heavy (non-hydrogen) atoms. The second-order valence-electron chi connectivity index (χ2n) is 9.13. The van der Waals surface area contributed by atoms with E-state index in [1.807, 2.05) is 60.5 Å². The van der Waals surface area contributed by atoms with Gasteiger partial charge in [0.05, 0.1) is 7.11 Å². The molecule has 0 saturated heterocycles. The summed E-state index contributed by atoms with van der Waals surface area (Å²) in [6, 6.07) is 22.5. The normalized spacial score (nSPS) is 10.8. The number of fused-ring (bicyclic) bond motifs is 1. The average Bonchev–Trinajstić information content (AvgIpc) is 3.34. The first-order valence-corrected chi connectivity index (χ1v) is 13.1. The molecule has 1 aromatic heterocycles. The number of amides is 3. The van der Waals surface area contributed by atoms with Gasteiger partial charge >= 0.3 is 6.03 Å². The van der Waals surface area contributed by atoms with Crippen molar-refractivity contribution < 1.29 is 14.3 Å². The molecule has 0 aliphatic carbocycles. The molecule has 4 rings (SSSR count). The van der Waals surface area contributed by atoms with Crippen molar-refractivity contribution in [3.63, 3.8) is 0 Å². The molecule has 0 unspecified atom stereocenters. The number of aromatic nitrogens is 1. The Morgan fingerprint density at radius 1 is 0.974 bits per heavy atom. The lowest BCUT2D eigenvalue weighted by atomic mass is 10.1. The highest BCUT2D eigenvalue weighted by molar-refractivity contribution is 6.30. The average molecular weight is 533 g/mol. The number of halogens is 1. The first-order valence-electron chi connectivity index (χ1n) is 12.7. The lowest BCUT2D eigenvalue weighted by Gasteiger charge is -2.28. The second kappa shape index (κ2) is 13.0. The summed E-state index contributed by atoms with van der Waals surface area (Å²) in [5.41, 5.74) is 3.80. The number of H-pyrrole nitrogens is 1. The van der Waals surface area contributed by atoms with Crippen molar-refractivity contribution in [3.05, 3.63) is 95.1 Å². The number of carbonyl (C=O) groups is 2. The van der Waals surface area contributed by atoms with Gasteiger partial charge in [-0.2, -0.15) is 0 Å². The van der Waals surface area contributed by atoms with Gasteiger partial charge in [-0.25, -0.2) is 4.79 Å². The van der Waals surface area contributed by atoms with Crippen LogP contribution < -0.4 is 10.1 Å². The van der Waals surface area contributed by atoms with Crippen LogP contribution >= 0.6 is 11.6 Å². The summed E-state index contributed by atoms with van der Waals surface area (Å²) in [5.74, 6) is 0.646. The van der Waals surface area contributed by atoms with Crippen molar-refractivity contribution in [1.29, 1.82) is 0 Å². The molecule has 3 amide bonds. The minimum absolute atomic E-state index is 0.0235. The zero-order valence-electron chi connectivity index (χ0n) is 21.7. The SMILES string of the molecule is CCCN(CC(=O)N(CCc1c[nH]c2ccccc12)Cc1ccc(OC)cc1)C(=O)Nc1cccc(Cl)c1. The molecule has 0 aliphatic rings. The Hall–Kier alpha value is -3.97. The first-order chi connectivity index (χ1) is 18.5. The molecule has 1 heterocycles. The van der Waals surface area contributed by atoms with Crippen LogP contribution in [0.15, 0.2) is 79.0 Å². The summed E-state index contributed by atoms with van der Waals surface area (Å²) >= 11 is 6.07. The van der Waals surface area contributed by atoms with E-state index in [2.05, 4.69) is 16.4 Å². The van der Waals surface area contributed by atoms with E-state index >= 15 is 0 Å². The number of nitrogens with one attached hydrogen (secondary N) is 2. The fourth-order valence-electron chi connectivity index (χ4n) is 4.39. The molecule has 0 aliphatic heterocycles. The summed E-state index contributed by atoms with van der Waals surface area (Å²) in [7, 11) is 1.63. The zero-order chi connectivity index (χ0) is 26.9. The van der Waals surface area contributed by atoms with Crippen molar-refractivity contribution in [2.45, 2.75) is 26.3 Å². The number of para-hydroxylation sites is 1. The molecule has 0 atom stereocenters. The van der Waals surface area contributed by atoms with Gasteiger partial charge in [0, 0.05) is 47.4 Å². The van der Waals surface area contributed by atoms with Gasteiger partial charge in [-0.1, -0.05) is 54.9 Å². The Labute approximate surface area is 228 Å². The minimum Gasteiger partial charge on any atom is -0.497 e. The van der Waals surface area contributed by atoms with Crippen LogP contribution in [0.2, 0.25) is 5.02 Å². The number of aromatic amines is 1. The summed E-state index contributed by atoms with van der Waals surface area (Å²) < 4.78 is 5.28. The number of rotatable bonds is 11. The van der Waals surface area contributed by atoms with E-state index in [0.717, 1.165) is 34.2 Å². The topological polar surface area (TPSA) is 77.7 Å². The van der Waals surface area contributed by atoms with Crippen molar-refractivity contribution >= 4 is 40.1 Å². The van der Waals surface area contributed by atoms with Gasteiger partial charge in [-0.15, -0.1) is 0 Å². The van der Waals surface area contributed by atoms with Crippen molar-refractivity contribution in [2.75, 3.05) is 32.1 Å². The van der Waals surface area contributed by atoms with Crippen molar-refractivity contribution in [3.8, 4) is 5.75 Å². The Balaban J connectivity index is 1.50. The quantitative estimate of drug-likeness (QED) is 0.236. The highest BCUT2D eigenvalue weighted by Crippen LogP contribution is 2.20. The van der Waals surface area contributed by atoms with E-state index in [9.17, 15) is 9.59 Å². The standard InChI is InChI=1S/C30H33ClN4O3/c1-3-16-35(30(37)33-25-8-6-7-24(31)18-25)21-29(36)34(20-22-11-13-26(38-2)14-12-22)17-15-23-19-32-28-10-5-4-9-27(23)28/h4-14,18-19,32H,3,15-17,20-21H2,1-2H3,(H,33,37). The molecule has 0 spiro atoms. The van der Waals surface area contributed by atoms with Gasteiger partial charge in [0.1, 0.15) is 12.3 Å². The van der Waals surface area contributed by atoms with Gasteiger partial charge in [0.2, 0.25) is 5.91 Å². The lowest BCUT2D eigenvalue weighted by molar-refractivity contribution is -0.132. The third-order valence-electron chi connectivity index (χ3n) is 6.39. The number of urea groups is 1. The van der Waals surface area contributed by atoms with E-state index in [0.29, 0.717) is 36.8 Å². The molecule has 2 N–H and O–H groups in total. The summed E-state index contributed by atoms with van der Waals surface area (Å²) in [6.45, 7) is 3.36. The molecular formula is C30H33ClN4O3. The maximum absolute atomic E-state index is 13.6. The second-order valence-corrected chi connectivity index (χ2v) is 9.57. The van der Waals surface area contributed by atoms with Crippen LogP contribution in [-0.2, 0) is 17.8 Å². The molecule has 198 valence electrons. The van der Waals surface area contributed by atoms with Crippen LogP contribution in [0.3, 0.4) is 0 Å². The van der Waals surface area contributed by atoms with Crippen LogP contribution in [0.1, 0.15) is 24.5 Å². The Kier molecular flexibility index (Phi) is 9.27. The van der Waals surface area contributed by atoms with E-state index in [1.54, 1.807) is 36.3 Å². The number of carbonyl (C=O) groups excluding carboxylic acids is 2. The number of hydrogen-bond acceptors (Lipinski definition) is 3. The smallest absolute Gasteiger partial charge is 0.322 e. The van der Waals surface area contributed by atoms with E-state index in [-0.39, 0.29) is 18.5 Å². The maximum atomic E-state index is 13.6. The number of methoxy groups -OCH3 is 1. The predicted octanol–water partition coefficient (Wildman–Crippen LogP) is 6.35. The number of anilines is 1. The third-order valence-corrected chi connectivity index (χ3v) is 6.63. The van der Waals surface area contributed by atoms with Gasteiger partial charge in [0.15, 0.2) is 0 Å². The first kappa shape index (κ1) is 27.1. The molecule has 7 nitrogen and oxygen atoms in total. The lowest BCUT2D eigenvalue weighted by Crippen LogP contribution is -2.45. The van der Waals surface area contributed by atoms with Crippen LogP contribution in [0.4, 0.5) is 10.5 Å². The van der Waals surface area contributed by atoms with Crippen LogP contribution in [0.5, 0.6) is 5.75 Å². The van der Waals surface area contributed by atoms with Crippen LogP contribution in [0.25, 0.3) is 10.9 Å². The molecule has 0 radical (unpaired) electrons. The summed E-state index contributed by atoms with van der Waals surface area (Å²) in [5, 5.41) is 4.54. The highest BCUT2D eigenvalue weighted by Gasteiger charge is 2.22. The van der Waals surface area contributed by atoms with E-state index in [1.165, 1.54) is 0 Å². The zero-order valence-corrected chi connectivity index (χ0v) is 22.5. The fraction of sp³-hybridized carbons (Fsp3) is 0.267. The number of ether oxygens (including phenoxy) is 1. The molecule has 8 heteroatoms. The maximum Gasteiger partial charge on any atom is 0.322 e. The predicted molar refractivity (Wildman–Crippen MR) is 153 cm³/mol. The highest BCUT2D eigenvalue weighted by atomic mass is 35.5. The molecule has 0 saturated carbocycles. The van der Waals surface area contributed by atoms with Crippen molar-refractivity contribution in [1.82, 2.24) is 14.8 Å². The number of nitrogens with zero attached hydrogens (tertiary/aromatic N) is 2. The van der Waals surface area contributed by atoms with Gasteiger partial charge < -0.3 is 24.8 Å². The molecular weight excluding hydrogens is 500 g/mol. The molecule has 3 aromatic carbocycles. The van der Waals surface area contributed by atoms with E-state index in [4.69, 9.17) is 16.3 Å². The number of benzene rings is 3. The monoisotopic (exact) mass is 532 g/mol. The van der Waals surface area contributed by atoms with Gasteiger partial charge in [0.25, 0.3) is 0 Å². The van der Waals surface area contributed by atoms with Gasteiger partial charge in [-0.3, -0.25) is 4.79 Å². The minimum atomic E-state index is -0.330. The molecule has 4 aromatic rings.